The highest BCUT2D eigenvalue weighted by molar-refractivity contribution is 8.00. The van der Waals surface area contributed by atoms with Gasteiger partial charge in [-0.15, -0.1) is 0 Å². The highest BCUT2D eigenvalue weighted by Crippen LogP contribution is 2.37. The van der Waals surface area contributed by atoms with Gasteiger partial charge in [-0.05, 0) is 43.2 Å². The standard InChI is InChI=1S/C22H19N3OS/c1-15-13-16(2)24-22(19(15)14-23)27-20(17-9-5-3-6-10-17)21(26)25-18-11-7-4-8-12-18/h3-13,20H,1-2H3,(H,25,26). The summed E-state index contributed by atoms with van der Waals surface area (Å²) < 4.78 is 0. The van der Waals surface area contributed by atoms with E-state index in [1.165, 1.54) is 11.8 Å². The zero-order valence-electron chi connectivity index (χ0n) is 15.1. The molecule has 1 amide bonds. The molecule has 0 saturated carbocycles. The highest BCUT2D eigenvalue weighted by Gasteiger charge is 2.25. The van der Waals surface area contributed by atoms with Crippen molar-refractivity contribution in [2.75, 3.05) is 5.32 Å². The first-order valence-electron chi connectivity index (χ1n) is 8.54. The first kappa shape index (κ1) is 18.7. The topological polar surface area (TPSA) is 65.8 Å². The van der Waals surface area contributed by atoms with Gasteiger partial charge in [0.15, 0.2) is 0 Å². The second-order valence-corrected chi connectivity index (χ2v) is 7.23. The van der Waals surface area contributed by atoms with Crippen molar-refractivity contribution in [3.8, 4) is 6.07 Å². The van der Waals surface area contributed by atoms with E-state index in [-0.39, 0.29) is 5.91 Å². The molecule has 0 aliphatic heterocycles. The number of carbonyl (C=O) groups is 1. The Morgan fingerprint density at radius 3 is 2.33 bits per heavy atom. The van der Waals surface area contributed by atoms with Gasteiger partial charge >= 0.3 is 0 Å². The van der Waals surface area contributed by atoms with Crippen molar-refractivity contribution in [1.82, 2.24) is 4.98 Å². The molecule has 3 rings (SSSR count). The molecule has 0 bridgehead atoms. The number of aromatic nitrogens is 1. The van der Waals surface area contributed by atoms with Gasteiger partial charge in [0, 0.05) is 11.4 Å². The second kappa shape index (κ2) is 8.52. The van der Waals surface area contributed by atoms with E-state index < -0.39 is 5.25 Å². The zero-order chi connectivity index (χ0) is 19.2. The van der Waals surface area contributed by atoms with E-state index in [0.717, 1.165) is 22.5 Å². The normalized spacial score (nSPS) is 11.4. The zero-order valence-corrected chi connectivity index (χ0v) is 16.0. The number of nitrogens with one attached hydrogen (secondary N) is 1. The number of pyridine rings is 1. The Labute approximate surface area is 163 Å². The lowest BCUT2D eigenvalue weighted by atomic mass is 10.1. The van der Waals surface area contributed by atoms with Crippen molar-refractivity contribution < 1.29 is 4.79 Å². The fourth-order valence-electron chi connectivity index (χ4n) is 2.77. The average molecular weight is 373 g/mol. The van der Waals surface area contributed by atoms with Gasteiger partial charge in [0.25, 0.3) is 0 Å². The number of rotatable bonds is 5. The molecule has 1 unspecified atom stereocenters. The predicted molar refractivity (Wildman–Crippen MR) is 109 cm³/mol. The summed E-state index contributed by atoms with van der Waals surface area (Å²) in [5, 5.41) is 12.6. The summed E-state index contributed by atoms with van der Waals surface area (Å²) >= 11 is 1.30. The van der Waals surface area contributed by atoms with Gasteiger partial charge in [0.05, 0.1) is 5.56 Å². The Hall–Kier alpha value is -3.10. The van der Waals surface area contributed by atoms with Crippen LogP contribution in [0.3, 0.4) is 0 Å². The summed E-state index contributed by atoms with van der Waals surface area (Å²) in [6, 6.07) is 23.0. The molecule has 1 atom stereocenters. The number of thioether (sulfide) groups is 1. The number of amides is 1. The lowest BCUT2D eigenvalue weighted by Crippen LogP contribution is -2.19. The van der Waals surface area contributed by atoms with Crippen molar-refractivity contribution in [2.24, 2.45) is 0 Å². The molecule has 4 nitrogen and oxygen atoms in total. The number of carbonyl (C=O) groups excluding carboxylic acids is 1. The summed E-state index contributed by atoms with van der Waals surface area (Å²) in [7, 11) is 0. The van der Waals surface area contributed by atoms with Gasteiger partial charge < -0.3 is 5.32 Å². The van der Waals surface area contributed by atoms with Gasteiger partial charge in [0.2, 0.25) is 5.91 Å². The van der Waals surface area contributed by atoms with Crippen LogP contribution in [-0.4, -0.2) is 10.9 Å². The number of para-hydroxylation sites is 1. The lowest BCUT2D eigenvalue weighted by molar-refractivity contribution is -0.115. The molecule has 2 aromatic carbocycles. The summed E-state index contributed by atoms with van der Waals surface area (Å²) in [6.45, 7) is 3.78. The van der Waals surface area contributed by atoms with Gasteiger partial charge in [0.1, 0.15) is 16.3 Å². The largest absolute Gasteiger partial charge is 0.325 e. The minimum Gasteiger partial charge on any atom is -0.325 e. The second-order valence-electron chi connectivity index (χ2n) is 6.14. The molecule has 27 heavy (non-hydrogen) atoms. The maximum absolute atomic E-state index is 13.0. The van der Waals surface area contributed by atoms with Crippen LogP contribution in [0.15, 0.2) is 71.8 Å². The van der Waals surface area contributed by atoms with Gasteiger partial charge in [-0.3, -0.25) is 4.79 Å². The Morgan fingerprint density at radius 2 is 1.70 bits per heavy atom. The van der Waals surface area contributed by atoms with E-state index in [2.05, 4.69) is 16.4 Å². The van der Waals surface area contributed by atoms with Crippen molar-refractivity contribution in [1.29, 1.82) is 5.26 Å². The van der Waals surface area contributed by atoms with Crippen molar-refractivity contribution in [2.45, 2.75) is 24.1 Å². The Kier molecular flexibility index (Phi) is 5.90. The van der Waals surface area contributed by atoms with Crippen LogP contribution in [0.1, 0.15) is 27.6 Å². The molecular formula is C22H19N3OS. The number of hydrogen-bond donors (Lipinski definition) is 1. The number of hydrogen-bond acceptors (Lipinski definition) is 4. The summed E-state index contributed by atoms with van der Waals surface area (Å²) in [4.78, 5) is 17.6. The fraction of sp³-hybridized carbons (Fsp3) is 0.136. The minimum absolute atomic E-state index is 0.151. The third-order valence-electron chi connectivity index (χ3n) is 4.03. The van der Waals surface area contributed by atoms with Crippen LogP contribution in [0.25, 0.3) is 0 Å². The predicted octanol–water partition coefficient (Wildman–Crippen LogP) is 5.04. The molecule has 1 aromatic heterocycles. The van der Waals surface area contributed by atoms with Crippen LogP contribution in [0, 0.1) is 25.2 Å². The first-order chi connectivity index (χ1) is 13.1. The van der Waals surface area contributed by atoms with Crippen LogP contribution in [0.2, 0.25) is 0 Å². The van der Waals surface area contributed by atoms with Crippen LogP contribution in [0.5, 0.6) is 0 Å². The summed E-state index contributed by atoms with van der Waals surface area (Å²) in [5.74, 6) is -0.151. The SMILES string of the molecule is Cc1cc(C)c(C#N)c(SC(C(=O)Nc2ccccc2)c2ccccc2)n1. The summed E-state index contributed by atoms with van der Waals surface area (Å²) in [6.07, 6.45) is 0. The average Bonchev–Trinajstić information content (AvgIpc) is 2.67. The molecule has 0 fully saturated rings. The smallest absolute Gasteiger partial charge is 0.242 e. The monoisotopic (exact) mass is 373 g/mol. The quantitative estimate of drug-likeness (QED) is 0.636. The Balaban J connectivity index is 1.97. The number of anilines is 1. The Morgan fingerprint density at radius 1 is 1.07 bits per heavy atom. The van der Waals surface area contributed by atoms with Crippen molar-refractivity contribution >= 4 is 23.4 Å². The van der Waals surface area contributed by atoms with E-state index in [1.54, 1.807) is 0 Å². The molecule has 1 heterocycles. The summed E-state index contributed by atoms with van der Waals surface area (Å²) in [5.41, 5.74) is 3.80. The first-order valence-corrected chi connectivity index (χ1v) is 9.42. The van der Waals surface area contributed by atoms with E-state index >= 15 is 0 Å². The van der Waals surface area contributed by atoms with Gasteiger partial charge in [-0.1, -0.05) is 60.3 Å². The van der Waals surface area contributed by atoms with Crippen LogP contribution >= 0.6 is 11.8 Å². The molecule has 0 spiro atoms. The number of aryl methyl sites for hydroxylation is 2. The molecule has 1 N–H and O–H groups in total. The number of nitrogens with zero attached hydrogens (tertiary/aromatic N) is 2. The highest BCUT2D eigenvalue weighted by atomic mass is 32.2. The van der Waals surface area contributed by atoms with Crippen molar-refractivity contribution in [3.05, 3.63) is 89.1 Å². The molecule has 0 radical (unpaired) electrons. The molecule has 0 aliphatic carbocycles. The molecular weight excluding hydrogens is 354 g/mol. The molecule has 0 saturated heterocycles. The van der Waals surface area contributed by atoms with Gasteiger partial charge in [-0.2, -0.15) is 5.26 Å². The molecule has 5 heteroatoms. The number of benzene rings is 2. The lowest BCUT2D eigenvalue weighted by Gasteiger charge is -2.18. The van der Waals surface area contributed by atoms with Crippen molar-refractivity contribution in [3.63, 3.8) is 0 Å². The molecule has 3 aromatic rings. The fourth-order valence-corrected chi connectivity index (χ4v) is 3.97. The van der Waals surface area contributed by atoms with E-state index in [4.69, 9.17) is 0 Å². The van der Waals surface area contributed by atoms with Gasteiger partial charge in [-0.25, -0.2) is 4.98 Å². The third-order valence-corrected chi connectivity index (χ3v) is 5.28. The maximum Gasteiger partial charge on any atom is 0.242 e. The molecule has 134 valence electrons. The van der Waals surface area contributed by atoms with E-state index in [0.29, 0.717) is 10.6 Å². The Bertz CT molecular complexity index is 982. The van der Waals surface area contributed by atoms with Crippen LogP contribution in [0.4, 0.5) is 5.69 Å². The molecule has 0 aliphatic rings. The van der Waals surface area contributed by atoms with Crippen LogP contribution < -0.4 is 5.32 Å². The van der Waals surface area contributed by atoms with Crippen LogP contribution in [-0.2, 0) is 4.79 Å². The number of nitriles is 1. The van der Waals surface area contributed by atoms with E-state index in [1.807, 2.05) is 80.6 Å². The maximum atomic E-state index is 13.0. The third kappa shape index (κ3) is 4.55. The minimum atomic E-state index is -0.521. The van der Waals surface area contributed by atoms with E-state index in [9.17, 15) is 10.1 Å².